The van der Waals surface area contributed by atoms with E-state index in [-0.39, 0.29) is 30.6 Å². The first-order valence-electron chi connectivity index (χ1n) is 11.7. The molecule has 0 unspecified atom stereocenters. The molecule has 0 bridgehead atoms. The van der Waals surface area contributed by atoms with Crippen LogP contribution in [0.3, 0.4) is 0 Å². The van der Waals surface area contributed by atoms with Crippen molar-refractivity contribution in [1.82, 2.24) is 0 Å². The number of carbonyl (C=O) groups excluding carboxylic acids is 1. The number of ether oxygens (including phenoxy) is 3. The highest BCUT2D eigenvalue weighted by molar-refractivity contribution is 14.1. The number of rotatable bonds is 14. The van der Waals surface area contributed by atoms with Crippen molar-refractivity contribution in [1.29, 1.82) is 0 Å². The van der Waals surface area contributed by atoms with Crippen LogP contribution in [0.25, 0.3) is 0 Å². The Morgan fingerprint density at radius 2 is 1.76 bits per heavy atom. The average Bonchev–Trinajstić information content (AvgIpc) is 2.85. The largest absolute Gasteiger partial charge is 0.491 e. The Morgan fingerprint density at radius 3 is 2.30 bits per heavy atom. The number of alkyl halides is 2. The fourth-order valence-electron chi connectivity index (χ4n) is 3.58. The Kier molecular flexibility index (Phi) is 12.3. The number of aliphatic hydroxyl groups is 1. The van der Waals surface area contributed by atoms with Crippen molar-refractivity contribution in [2.75, 3.05) is 30.6 Å². The number of halogens is 3. The number of aliphatic hydroxyl groups excluding tert-OH is 1. The molecule has 37 heavy (non-hydrogen) atoms. The third-order valence-corrected chi connectivity index (χ3v) is 9.03. The quantitative estimate of drug-likeness (QED) is 0.163. The molecule has 206 valence electrons. The fourth-order valence-corrected chi connectivity index (χ4v) is 5.51. The second kappa shape index (κ2) is 14.2. The summed E-state index contributed by atoms with van der Waals surface area (Å²) in [6.45, 7) is 7.01. The molecule has 2 atom stereocenters. The zero-order valence-electron chi connectivity index (χ0n) is 21.3. The van der Waals surface area contributed by atoms with Crippen LogP contribution in [0.1, 0.15) is 44.4 Å². The Bertz CT molecular complexity index is 1150. The Labute approximate surface area is 242 Å². The van der Waals surface area contributed by atoms with Gasteiger partial charge in [0.1, 0.15) is 36.9 Å². The lowest BCUT2D eigenvalue weighted by Gasteiger charge is -2.28. The van der Waals surface area contributed by atoms with Crippen LogP contribution < -0.4 is 9.47 Å². The molecule has 2 aromatic carbocycles. The summed E-state index contributed by atoms with van der Waals surface area (Å²) < 4.78 is 40.6. The van der Waals surface area contributed by atoms with Gasteiger partial charge in [0.05, 0.1) is 16.7 Å². The number of hydrogen-bond donors (Lipinski definition) is 1. The van der Waals surface area contributed by atoms with Crippen molar-refractivity contribution in [2.24, 2.45) is 0 Å². The minimum absolute atomic E-state index is 0.0214. The van der Waals surface area contributed by atoms with E-state index in [9.17, 15) is 18.3 Å². The maximum Gasteiger partial charge on any atom is 0.303 e. The third kappa shape index (κ3) is 9.45. The molecule has 2 rings (SSSR count). The van der Waals surface area contributed by atoms with E-state index in [0.717, 1.165) is 16.7 Å². The summed E-state index contributed by atoms with van der Waals surface area (Å²) >= 11 is 14.8. The lowest BCUT2D eigenvalue weighted by atomic mass is 9.77. The molecule has 0 saturated carbocycles. The molecule has 1 N–H and O–H groups in total. The zero-order valence-corrected chi connectivity index (χ0v) is 25.8. The molecule has 2 aromatic rings. The summed E-state index contributed by atoms with van der Waals surface area (Å²) in [5.74, 6) is 0.396. The maximum absolute atomic E-state index is 11.7. The van der Waals surface area contributed by atoms with Crippen LogP contribution in [0.5, 0.6) is 11.5 Å². The van der Waals surface area contributed by atoms with Crippen LogP contribution in [-0.2, 0) is 29.2 Å². The van der Waals surface area contributed by atoms with E-state index >= 15 is 0 Å². The van der Waals surface area contributed by atoms with Gasteiger partial charge in [-0.1, -0.05) is 73.2 Å². The average molecular weight is 687 g/mol. The minimum Gasteiger partial charge on any atom is -0.491 e. The van der Waals surface area contributed by atoms with Crippen LogP contribution in [0.2, 0.25) is 5.02 Å². The summed E-state index contributed by atoms with van der Waals surface area (Å²) in [4.78, 5) is 11.2. The predicted octanol–water partition coefficient (Wildman–Crippen LogP) is 5.32. The van der Waals surface area contributed by atoms with Crippen LogP contribution >= 0.6 is 45.8 Å². The molecule has 0 aliphatic rings. The van der Waals surface area contributed by atoms with E-state index in [2.05, 4.69) is 36.4 Å². The van der Waals surface area contributed by atoms with E-state index in [1.165, 1.54) is 6.92 Å². The van der Waals surface area contributed by atoms with Gasteiger partial charge in [0, 0.05) is 28.1 Å². The number of sulfone groups is 1. The maximum atomic E-state index is 11.7. The molecule has 0 aliphatic carbocycles. The molecule has 0 radical (unpaired) electrons. The van der Waals surface area contributed by atoms with Crippen molar-refractivity contribution in [3.05, 3.63) is 58.1 Å². The molecule has 0 fully saturated rings. The highest BCUT2D eigenvalue weighted by Gasteiger charge is 2.26. The van der Waals surface area contributed by atoms with Crippen LogP contribution in [0.4, 0.5) is 0 Å². The van der Waals surface area contributed by atoms with Crippen LogP contribution in [0, 0.1) is 0 Å². The molecular formula is C26H33Cl2IO7S. The van der Waals surface area contributed by atoms with E-state index in [1.54, 1.807) is 19.1 Å². The van der Waals surface area contributed by atoms with E-state index < -0.39 is 33.4 Å². The first-order chi connectivity index (χ1) is 17.3. The SMILES string of the molecule is CCS(=O)(=O)C[C@H](O)COc1ccc(C(C)(C)c2cc(Cl)c(OC[C@H](CCl)OC(C)=O)c(CI)c2)cc1. The van der Waals surface area contributed by atoms with Gasteiger partial charge < -0.3 is 19.3 Å². The normalized spacial score (nSPS) is 13.6. The first kappa shape index (κ1) is 31.9. The lowest BCUT2D eigenvalue weighted by molar-refractivity contribution is -0.146. The lowest BCUT2D eigenvalue weighted by Crippen LogP contribution is -2.28. The summed E-state index contributed by atoms with van der Waals surface area (Å²) in [6.07, 6.45) is -1.67. The summed E-state index contributed by atoms with van der Waals surface area (Å²) in [5.41, 5.74) is 2.49. The molecule has 7 nitrogen and oxygen atoms in total. The second-order valence-electron chi connectivity index (χ2n) is 9.09. The number of esters is 1. The van der Waals surface area contributed by atoms with Gasteiger partial charge in [-0.2, -0.15) is 0 Å². The Balaban J connectivity index is 2.17. The number of hydrogen-bond acceptors (Lipinski definition) is 7. The highest BCUT2D eigenvalue weighted by Crippen LogP contribution is 2.39. The van der Waals surface area contributed by atoms with Crippen LogP contribution in [-0.4, -0.2) is 62.3 Å². The summed E-state index contributed by atoms with van der Waals surface area (Å²) in [5, 5.41) is 10.4. The Hall–Kier alpha value is -1.27. The number of benzene rings is 2. The molecular weight excluding hydrogens is 654 g/mol. The van der Waals surface area contributed by atoms with Gasteiger partial charge >= 0.3 is 5.97 Å². The molecule has 0 aromatic heterocycles. The molecule has 0 saturated heterocycles. The predicted molar refractivity (Wildman–Crippen MR) is 155 cm³/mol. The smallest absolute Gasteiger partial charge is 0.303 e. The van der Waals surface area contributed by atoms with Gasteiger partial charge in [-0.15, -0.1) is 11.6 Å². The summed E-state index contributed by atoms with van der Waals surface area (Å²) in [7, 11) is -3.28. The van der Waals surface area contributed by atoms with Crippen molar-refractivity contribution < 1.29 is 32.5 Å². The summed E-state index contributed by atoms with van der Waals surface area (Å²) in [6, 6.07) is 11.3. The van der Waals surface area contributed by atoms with Gasteiger partial charge in [0.15, 0.2) is 9.84 Å². The van der Waals surface area contributed by atoms with Crippen molar-refractivity contribution in [3.8, 4) is 11.5 Å². The first-order valence-corrected chi connectivity index (χ1v) is 16.0. The minimum atomic E-state index is -3.28. The zero-order chi connectivity index (χ0) is 27.8. The molecule has 0 spiro atoms. The highest BCUT2D eigenvalue weighted by atomic mass is 127. The van der Waals surface area contributed by atoms with E-state index in [0.29, 0.717) is 20.9 Å². The Morgan fingerprint density at radius 1 is 1.11 bits per heavy atom. The van der Waals surface area contributed by atoms with E-state index in [1.807, 2.05) is 24.3 Å². The van der Waals surface area contributed by atoms with Gasteiger partial charge in [0.25, 0.3) is 0 Å². The monoisotopic (exact) mass is 686 g/mol. The van der Waals surface area contributed by atoms with Gasteiger partial charge in [-0.25, -0.2) is 8.42 Å². The third-order valence-electron chi connectivity index (χ3n) is 5.81. The fraction of sp³-hybridized carbons (Fsp3) is 0.500. The van der Waals surface area contributed by atoms with Crippen molar-refractivity contribution in [3.63, 3.8) is 0 Å². The van der Waals surface area contributed by atoms with Crippen molar-refractivity contribution >= 4 is 61.6 Å². The molecule has 0 aliphatic heterocycles. The molecule has 0 heterocycles. The van der Waals surface area contributed by atoms with Crippen molar-refractivity contribution in [2.45, 2.75) is 49.7 Å². The standard InChI is InChI=1S/C26H33Cl2IO7S/c1-5-37(32,33)16-21(31)14-34-22-8-6-19(7-9-22)26(3,4)20-10-18(13-29)25(24(28)11-20)35-15-23(12-27)36-17(2)30/h6-11,21,23,31H,5,12-16H2,1-4H3/t21-,23+/m1/s1. The van der Waals surface area contributed by atoms with Gasteiger partial charge in [-0.05, 0) is 29.3 Å². The molecule has 0 amide bonds. The van der Waals surface area contributed by atoms with Crippen LogP contribution in [0.15, 0.2) is 36.4 Å². The van der Waals surface area contributed by atoms with E-state index in [4.69, 9.17) is 37.4 Å². The number of carbonyl (C=O) groups is 1. The second-order valence-corrected chi connectivity index (χ2v) is 13.0. The van der Waals surface area contributed by atoms with Gasteiger partial charge in [-0.3, -0.25) is 4.79 Å². The molecule has 11 heteroatoms. The van der Waals surface area contributed by atoms with Gasteiger partial charge in [0.2, 0.25) is 0 Å². The topological polar surface area (TPSA) is 99.1 Å².